The molecule has 4 aromatic rings. The molecule has 1 aliphatic rings. The van der Waals surface area contributed by atoms with Crippen molar-refractivity contribution in [3.05, 3.63) is 99.2 Å². The minimum Gasteiger partial charge on any atom is -0.487 e. The van der Waals surface area contributed by atoms with Gasteiger partial charge in [-0.25, -0.2) is 4.98 Å². The molecule has 1 saturated heterocycles. The monoisotopic (exact) mass is 709 g/mol. The molecule has 2 N–H and O–H groups in total. The smallest absolute Gasteiger partial charge is 0.251 e. The van der Waals surface area contributed by atoms with Crippen molar-refractivity contribution in [2.24, 2.45) is 0 Å². The second-order valence-corrected chi connectivity index (χ2v) is 12.1. The highest BCUT2D eigenvalue weighted by atomic mass is 35.5. The van der Waals surface area contributed by atoms with Gasteiger partial charge in [0.25, 0.3) is 5.91 Å². The molecule has 48 heavy (non-hydrogen) atoms. The zero-order valence-electron chi connectivity index (χ0n) is 27.0. The van der Waals surface area contributed by atoms with Crippen LogP contribution < -0.4 is 25.2 Å². The van der Waals surface area contributed by atoms with Crippen LogP contribution in [0, 0.1) is 6.92 Å². The minimum atomic E-state index is -0.444. The molecule has 3 amide bonds. The molecule has 1 fully saturated rings. The molecule has 252 valence electrons. The van der Waals surface area contributed by atoms with E-state index in [2.05, 4.69) is 27.7 Å². The molecule has 5 rings (SSSR count). The molecular weight excluding hydrogens is 673 g/mol. The van der Waals surface area contributed by atoms with Gasteiger partial charge in [-0.1, -0.05) is 47.5 Å². The quantitative estimate of drug-likeness (QED) is 0.172. The summed E-state index contributed by atoms with van der Waals surface area (Å²) in [4.78, 5) is 45.7. The van der Waals surface area contributed by atoms with Crippen LogP contribution in [0.15, 0.2) is 66.7 Å². The highest BCUT2D eigenvalue weighted by molar-refractivity contribution is 6.38. The third-order valence-corrected chi connectivity index (χ3v) is 8.90. The molecule has 0 spiro atoms. The summed E-state index contributed by atoms with van der Waals surface area (Å²) in [5.74, 6) is -0.401. The number of hydrogen-bond donors (Lipinski definition) is 2. The molecule has 3 aromatic carbocycles. The molecule has 2 heterocycles. The van der Waals surface area contributed by atoms with E-state index >= 15 is 0 Å². The van der Waals surface area contributed by atoms with Gasteiger partial charge < -0.3 is 25.2 Å². The summed E-state index contributed by atoms with van der Waals surface area (Å²) in [6, 6.07) is 18.1. The summed E-state index contributed by atoms with van der Waals surface area (Å²) in [6.07, 6.45) is 6.51. The van der Waals surface area contributed by atoms with Gasteiger partial charge in [0, 0.05) is 66.2 Å². The molecule has 9 nitrogen and oxygen atoms in total. The number of aryl methyl sites for hydroxylation is 1. The third kappa shape index (κ3) is 8.58. The summed E-state index contributed by atoms with van der Waals surface area (Å²) in [5.41, 5.74) is 5.05. The number of carbonyl (C=O) groups is 3. The number of halogens is 3. The first-order valence-corrected chi connectivity index (χ1v) is 16.2. The standard InChI is InChI=1S/C36H37Cl2N5O4.ClH/c1-23-20-30(43-18-5-4-6-19-43)26-8-7-9-31(35(26)41-23)47-22-27-28(37)15-16-29(34(27)38)42(3)33(45)21-40-32(44)17-12-24-10-13-25(14-11-24)36(46)39-2;/h7-17,20H,4-6,18-19,21-22H2,1-3H3,(H,39,46)(H,40,44);1H/b17-12+;. The number of benzene rings is 3. The van der Waals surface area contributed by atoms with Crippen molar-refractivity contribution < 1.29 is 19.1 Å². The number of anilines is 2. The number of rotatable bonds is 10. The van der Waals surface area contributed by atoms with E-state index < -0.39 is 5.91 Å². The van der Waals surface area contributed by atoms with Gasteiger partial charge in [0.15, 0.2) is 0 Å². The number of nitrogens with one attached hydrogen (secondary N) is 2. The Morgan fingerprint density at radius 2 is 1.75 bits per heavy atom. The highest BCUT2D eigenvalue weighted by Gasteiger charge is 2.21. The molecule has 0 bridgehead atoms. The van der Waals surface area contributed by atoms with Crippen LogP contribution in [0.4, 0.5) is 11.4 Å². The average Bonchev–Trinajstić information content (AvgIpc) is 3.09. The van der Waals surface area contributed by atoms with Crippen LogP contribution in [0.2, 0.25) is 10.0 Å². The van der Waals surface area contributed by atoms with Gasteiger partial charge >= 0.3 is 0 Å². The second-order valence-electron chi connectivity index (χ2n) is 11.3. The Hall–Kier alpha value is -4.31. The van der Waals surface area contributed by atoms with Crippen LogP contribution >= 0.6 is 35.6 Å². The molecule has 0 unspecified atom stereocenters. The Morgan fingerprint density at radius 1 is 1.02 bits per heavy atom. The summed E-state index contributed by atoms with van der Waals surface area (Å²) >= 11 is 13.4. The molecule has 0 aliphatic carbocycles. The topological polar surface area (TPSA) is 104 Å². The zero-order chi connectivity index (χ0) is 33.5. The van der Waals surface area contributed by atoms with Crippen molar-refractivity contribution in [3.63, 3.8) is 0 Å². The molecule has 0 atom stereocenters. The minimum absolute atomic E-state index is 0. The van der Waals surface area contributed by atoms with Crippen LogP contribution in [0.5, 0.6) is 5.75 Å². The van der Waals surface area contributed by atoms with Gasteiger partial charge in [-0.3, -0.25) is 14.4 Å². The van der Waals surface area contributed by atoms with Crippen LogP contribution in [0.3, 0.4) is 0 Å². The number of likely N-dealkylation sites (N-methyl/N-ethyl adjacent to an activating group) is 1. The number of fused-ring (bicyclic) bond motifs is 1. The number of pyridine rings is 1. The van der Waals surface area contributed by atoms with Gasteiger partial charge in [0.2, 0.25) is 11.8 Å². The number of amides is 3. The van der Waals surface area contributed by atoms with Gasteiger partial charge in [-0.15, -0.1) is 12.4 Å². The Labute approximate surface area is 296 Å². The predicted molar refractivity (Wildman–Crippen MR) is 196 cm³/mol. The average molecular weight is 711 g/mol. The molecule has 0 radical (unpaired) electrons. The van der Waals surface area contributed by atoms with Gasteiger partial charge in [0.05, 0.1) is 17.3 Å². The van der Waals surface area contributed by atoms with Crippen LogP contribution in [0.25, 0.3) is 17.0 Å². The highest BCUT2D eigenvalue weighted by Crippen LogP contribution is 2.37. The Balaban J connectivity index is 0.00000520. The lowest BCUT2D eigenvalue weighted by molar-refractivity contribution is -0.122. The van der Waals surface area contributed by atoms with E-state index in [0.717, 1.165) is 40.9 Å². The fraction of sp³-hybridized carbons (Fsp3) is 0.278. The van der Waals surface area contributed by atoms with E-state index in [-0.39, 0.29) is 42.4 Å². The van der Waals surface area contributed by atoms with Crippen LogP contribution in [-0.4, -0.2) is 56.4 Å². The van der Waals surface area contributed by atoms with Crippen molar-refractivity contribution in [2.75, 3.05) is 43.5 Å². The summed E-state index contributed by atoms with van der Waals surface area (Å²) in [7, 11) is 3.14. The molecular formula is C36H38Cl3N5O4. The van der Waals surface area contributed by atoms with Crippen molar-refractivity contribution in [1.29, 1.82) is 0 Å². The zero-order valence-corrected chi connectivity index (χ0v) is 29.3. The number of ether oxygens (including phenoxy) is 1. The predicted octanol–water partition coefficient (Wildman–Crippen LogP) is 6.99. The van der Waals surface area contributed by atoms with E-state index in [4.69, 9.17) is 32.9 Å². The van der Waals surface area contributed by atoms with E-state index in [1.54, 1.807) is 56.6 Å². The Morgan fingerprint density at radius 3 is 2.46 bits per heavy atom. The van der Waals surface area contributed by atoms with Crippen molar-refractivity contribution >= 4 is 81.7 Å². The maximum atomic E-state index is 13.0. The lowest BCUT2D eigenvalue weighted by Gasteiger charge is -2.30. The normalized spacial score (nSPS) is 12.8. The molecule has 1 aliphatic heterocycles. The van der Waals surface area contributed by atoms with Crippen molar-refractivity contribution in [3.8, 4) is 5.75 Å². The van der Waals surface area contributed by atoms with Gasteiger partial charge in [0.1, 0.15) is 17.9 Å². The van der Waals surface area contributed by atoms with Crippen LogP contribution in [0.1, 0.15) is 46.4 Å². The van der Waals surface area contributed by atoms with Crippen molar-refractivity contribution in [2.45, 2.75) is 32.8 Å². The number of piperidine rings is 1. The van der Waals surface area contributed by atoms with Gasteiger partial charge in [-0.05, 0) is 74.2 Å². The SMILES string of the molecule is CNC(=O)c1ccc(/C=C/C(=O)NCC(=O)N(C)c2ccc(Cl)c(COc3cccc4c(N5CCCCC5)cc(C)nc34)c2Cl)cc1.Cl. The maximum Gasteiger partial charge on any atom is 0.251 e. The maximum absolute atomic E-state index is 13.0. The fourth-order valence-corrected chi connectivity index (χ4v) is 6.11. The number of hydrogen-bond acceptors (Lipinski definition) is 6. The third-order valence-electron chi connectivity index (χ3n) is 8.12. The van der Waals surface area contributed by atoms with E-state index in [0.29, 0.717) is 27.6 Å². The molecule has 0 saturated carbocycles. The largest absolute Gasteiger partial charge is 0.487 e. The summed E-state index contributed by atoms with van der Waals surface area (Å²) < 4.78 is 6.29. The number of nitrogens with zero attached hydrogens (tertiary/aromatic N) is 3. The summed E-state index contributed by atoms with van der Waals surface area (Å²) in [5, 5.41) is 6.87. The first-order chi connectivity index (χ1) is 22.7. The number of carbonyl (C=O) groups excluding carboxylic acids is 3. The molecule has 1 aromatic heterocycles. The van der Waals surface area contributed by atoms with Crippen LogP contribution in [-0.2, 0) is 16.2 Å². The van der Waals surface area contributed by atoms with E-state index in [1.165, 1.54) is 30.2 Å². The Bertz CT molecular complexity index is 1830. The van der Waals surface area contributed by atoms with E-state index in [1.807, 2.05) is 19.1 Å². The molecule has 12 heteroatoms. The second kappa shape index (κ2) is 16.7. The lowest BCUT2D eigenvalue weighted by Crippen LogP contribution is -2.37. The summed E-state index contributed by atoms with van der Waals surface area (Å²) in [6.45, 7) is 3.84. The first kappa shape index (κ1) is 36.5. The Kier molecular flexibility index (Phi) is 12.7. The van der Waals surface area contributed by atoms with E-state index in [9.17, 15) is 14.4 Å². The number of para-hydroxylation sites is 1. The lowest BCUT2D eigenvalue weighted by atomic mass is 10.1. The first-order valence-electron chi connectivity index (χ1n) is 15.5. The number of aromatic nitrogens is 1. The van der Waals surface area contributed by atoms with Gasteiger partial charge in [-0.2, -0.15) is 0 Å². The fourth-order valence-electron chi connectivity index (χ4n) is 5.50. The van der Waals surface area contributed by atoms with Crippen molar-refractivity contribution in [1.82, 2.24) is 15.6 Å².